The Morgan fingerprint density at radius 3 is 1.03 bits per heavy atom. The van der Waals surface area contributed by atoms with E-state index in [1.165, 1.54) is 6.92 Å². The quantitative estimate of drug-likeness (QED) is 0.0382. The first-order valence-corrected chi connectivity index (χ1v) is 33.5. The number of aliphatic hydroxyl groups is 26. The lowest BCUT2D eigenvalue weighted by Crippen LogP contribution is -2.70. The largest absolute Gasteiger partial charge is 0.394 e. The second-order valence-electron chi connectivity index (χ2n) is 26.8. The summed E-state index contributed by atoms with van der Waals surface area (Å²) in [5, 5.41) is 289. The van der Waals surface area contributed by atoms with E-state index in [2.05, 4.69) is 10.6 Å². The summed E-state index contributed by atoms with van der Waals surface area (Å²) in [6.07, 6.45) is -87.0. The average Bonchev–Trinajstić information content (AvgIpc) is 0.753. The summed E-state index contributed by atoms with van der Waals surface area (Å²) in [4.78, 5) is 25.4. The van der Waals surface area contributed by atoms with E-state index < -0.39 is 341 Å². The number of ether oxygens (including phenoxy) is 17. The molecule has 9 heterocycles. The molecule has 9 saturated heterocycles. The van der Waals surface area contributed by atoms with Crippen molar-refractivity contribution in [1.82, 2.24) is 10.6 Å². The van der Waals surface area contributed by atoms with Crippen molar-refractivity contribution in [2.75, 3.05) is 52.9 Å². The Morgan fingerprint density at radius 1 is 0.267 bits per heavy atom. The summed E-state index contributed by atoms with van der Waals surface area (Å²) in [7, 11) is 0. The van der Waals surface area contributed by atoms with Gasteiger partial charge in [-0.2, -0.15) is 0 Å². The molecule has 9 aliphatic rings. The Bertz CT molecular complexity index is 2690. The molecule has 47 nitrogen and oxygen atoms in total. The lowest BCUT2D eigenvalue weighted by molar-refractivity contribution is -0.389. The highest BCUT2D eigenvalue weighted by Crippen LogP contribution is 2.39. The van der Waals surface area contributed by atoms with Crippen molar-refractivity contribution in [3.05, 3.63) is 0 Å². The molecular formula is C58H98N2O45. The summed E-state index contributed by atoms with van der Waals surface area (Å²) in [6, 6.07) is -3.65. The number of rotatable bonds is 26. The van der Waals surface area contributed by atoms with Gasteiger partial charge in [0.1, 0.15) is 214 Å². The molecule has 47 heteroatoms. The van der Waals surface area contributed by atoms with Gasteiger partial charge in [-0.25, -0.2) is 0 Å². The summed E-state index contributed by atoms with van der Waals surface area (Å²) >= 11 is 0. The standard InChI is InChI=1S/C58H98N2O45/c1-12-25(68)34(77)39(82)52(92-12)90-11-22-46(32(75)23(50(88)93-22)59-13(2)66)101-51-24(60-14(3)67)33(76)45(19(8-65)98-51)102-57-44(87)48(104-55-41(84)36(79)27(70)16(5-62)95-55)31(74)21(100-57)9-89-53-43(86)47(103-54-40(83)35(78)26(69)15(4-61)94-54)30(73)20(99-53)10-91-58-49(38(81)29(72)18(7-64)97-58)105-56-42(85)37(80)28(71)17(6-63)96-56/h12,15-58,61-65,68-88H,4-11H2,1-3H3,(H,59,66)(H,60,67)/t12-,15+,16+,17+,18+,19+,20+,21+,22+,23+,24+,25+,26+,27+,28+,29+,30+,31+,32+,33+,34+,35-,36-,37-,38-,39-,40-,41-,42-,43-,44-,45+,46+,47-,48-,49-,50?,51-,52+,53-,54+,55+,56+,57-,58-/m0/s1. The van der Waals surface area contributed by atoms with Crippen LogP contribution in [-0.4, -0.2) is 474 Å². The number of aliphatic hydroxyl groups excluding tert-OH is 26. The van der Waals surface area contributed by atoms with Crippen molar-refractivity contribution < 1.29 is 223 Å². The summed E-state index contributed by atoms with van der Waals surface area (Å²) in [5.74, 6) is -1.76. The molecule has 610 valence electrons. The molecule has 0 bridgehead atoms. The Kier molecular flexibility index (Phi) is 30.6. The number of carbonyl (C=O) groups excluding carboxylic acids is 2. The number of carbonyl (C=O) groups is 2. The number of amides is 2. The van der Waals surface area contributed by atoms with Gasteiger partial charge >= 0.3 is 0 Å². The fourth-order valence-electron chi connectivity index (χ4n) is 13.4. The van der Waals surface area contributed by atoms with Gasteiger partial charge in [0.25, 0.3) is 0 Å². The highest BCUT2D eigenvalue weighted by molar-refractivity contribution is 5.73. The van der Waals surface area contributed by atoms with Crippen molar-refractivity contribution in [3.8, 4) is 0 Å². The fourth-order valence-corrected chi connectivity index (χ4v) is 13.4. The highest BCUT2D eigenvalue weighted by atomic mass is 16.8. The second-order valence-corrected chi connectivity index (χ2v) is 26.8. The minimum atomic E-state index is -2.44. The van der Waals surface area contributed by atoms with Crippen LogP contribution in [0, 0.1) is 0 Å². The van der Waals surface area contributed by atoms with Gasteiger partial charge in [0, 0.05) is 13.8 Å². The van der Waals surface area contributed by atoms with Gasteiger partial charge in [-0.1, -0.05) is 0 Å². The fraction of sp³-hybridized carbons (Fsp3) is 0.966. The zero-order valence-corrected chi connectivity index (χ0v) is 56.0. The molecule has 9 rings (SSSR count). The van der Waals surface area contributed by atoms with Crippen LogP contribution in [0.3, 0.4) is 0 Å². The molecule has 0 aromatic rings. The van der Waals surface area contributed by atoms with Gasteiger partial charge in [0.15, 0.2) is 56.6 Å². The van der Waals surface area contributed by atoms with E-state index in [-0.39, 0.29) is 0 Å². The summed E-state index contributed by atoms with van der Waals surface area (Å²) < 4.78 is 98.6. The van der Waals surface area contributed by atoms with Crippen LogP contribution < -0.4 is 10.6 Å². The molecule has 45 atom stereocenters. The lowest BCUT2D eigenvalue weighted by atomic mass is 9.93. The molecule has 0 spiro atoms. The molecule has 0 radical (unpaired) electrons. The van der Waals surface area contributed by atoms with Gasteiger partial charge in [0.05, 0.1) is 59.0 Å². The van der Waals surface area contributed by atoms with Crippen LogP contribution in [0.4, 0.5) is 0 Å². The van der Waals surface area contributed by atoms with Gasteiger partial charge in [0.2, 0.25) is 11.8 Å². The van der Waals surface area contributed by atoms with Crippen LogP contribution in [-0.2, 0) is 90.1 Å². The SMILES string of the molecule is CC(=O)N[C@H]1[C@H](O[C@H]2[C@H](O)[C@@H](NC(C)=O)C(O)O[C@@H]2CO[C@@H]2O[C@@H](C)[C@@H](O)[C@@H](O)[C@@H]2O)O[C@H](CO)[C@@H](O[C@@H]2O[C@H](CO[C@H]3O[C@H](CO[C@H]4O[C@H](CO)[C@@H](O)[C@H](O)[C@@H]4O[C@H]4O[C@H](CO)[C@@H](O)[C@H](O)[C@@H]4O)[C@@H](O)[C@H](O[C@H]4O[C@H](CO)[C@@H](O)[C@H](O)[C@@H]4O)[C@@H]3O)[C@@H](O)[C@H](O[C@H]3O[C@H](CO)[C@@H](O)[C@H](O)[C@@H]3O)[C@@H]2O)[C@@H]1O. The molecule has 0 aliphatic carbocycles. The number of hydrogen-bond acceptors (Lipinski definition) is 45. The first-order valence-electron chi connectivity index (χ1n) is 33.5. The van der Waals surface area contributed by atoms with Crippen molar-refractivity contribution in [2.24, 2.45) is 0 Å². The Morgan fingerprint density at radius 2 is 0.571 bits per heavy atom. The highest BCUT2D eigenvalue weighted by Gasteiger charge is 2.60. The van der Waals surface area contributed by atoms with Crippen LogP contribution >= 0.6 is 0 Å². The zero-order chi connectivity index (χ0) is 77.2. The minimum Gasteiger partial charge on any atom is -0.394 e. The Labute approximate surface area is 593 Å². The van der Waals surface area contributed by atoms with Gasteiger partial charge in [-0.05, 0) is 6.92 Å². The topological polar surface area (TPSA) is 741 Å². The maximum atomic E-state index is 13.0. The van der Waals surface area contributed by atoms with Gasteiger partial charge in [-0.3, -0.25) is 9.59 Å². The monoisotopic (exact) mass is 1540 g/mol. The van der Waals surface area contributed by atoms with Crippen LogP contribution in [0.5, 0.6) is 0 Å². The Hall–Kier alpha value is -2.78. The molecule has 9 fully saturated rings. The lowest BCUT2D eigenvalue weighted by Gasteiger charge is -2.50. The van der Waals surface area contributed by atoms with Crippen molar-refractivity contribution in [2.45, 2.75) is 297 Å². The molecule has 105 heavy (non-hydrogen) atoms. The molecule has 0 aromatic heterocycles. The van der Waals surface area contributed by atoms with Crippen LogP contribution in [0.25, 0.3) is 0 Å². The maximum Gasteiger partial charge on any atom is 0.217 e. The average molecular weight is 1540 g/mol. The van der Waals surface area contributed by atoms with E-state index in [1.54, 1.807) is 0 Å². The third-order valence-corrected chi connectivity index (χ3v) is 19.5. The van der Waals surface area contributed by atoms with E-state index in [0.717, 1.165) is 13.8 Å². The molecule has 2 amide bonds. The van der Waals surface area contributed by atoms with Crippen LogP contribution in [0.15, 0.2) is 0 Å². The number of hydrogen-bond donors (Lipinski definition) is 28. The van der Waals surface area contributed by atoms with E-state index >= 15 is 0 Å². The molecular weight excluding hydrogens is 1440 g/mol. The molecule has 1 unspecified atom stereocenters. The van der Waals surface area contributed by atoms with E-state index in [0.29, 0.717) is 0 Å². The predicted molar refractivity (Wildman–Crippen MR) is 319 cm³/mol. The normalized spacial score (nSPS) is 51.5. The third kappa shape index (κ3) is 18.8. The van der Waals surface area contributed by atoms with Gasteiger partial charge < -0.3 is 224 Å². The smallest absolute Gasteiger partial charge is 0.217 e. The zero-order valence-electron chi connectivity index (χ0n) is 56.0. The maximum absolute atomic E-state index is 13.0. The second kappa shape index (κ2) is 37.2. The van der Waals surface area contributed by atoms with E-state index in [1.807, 2.05) is 0 Å². The summed E-state index contributed by atoms with van der Waals surface area (Å²) in [5.41, 5.74) is 0. The summed E-state index contributed by atoms with van der Waals surface area (Å²) in [6.45, 7) is -5.00. The number of nitrogens with one attached hydrogen (secondary N) is 2. The van der Waals surface area contributed by atoms with E-state index in [9.17, 15) is 142 Å². The first-order chi connectivity index (χ1) is 49.6. The van der Waals surface area contributed by atoms with Gasteiger partial charge in [-0.15, -0.1) is 0 Å². The predicted octanol–water partition coefficient (Wildman–Crippen LogP) is -19.3. The van der Waals surface area contributed by atoms with E-state index in [4.69, 9.17) is 80.5 Å². The van der Waals surface area contributed by atoms with Crippen molar-refractivity contribution in [3.63, 3.8) is 0 Å². The van der Waals surface area contributed by atoms with Crippen LogP contribution in [0.1, 0.15) is 20.8 Å². The molecule has 0 saturated carbocycles. The molecule has 9 aliphatic heterocycles. The van der Waals surface area contributed by atoms with Crippen molar-refractivity contribution in [1.29, 1.82) is 0 Å². The third-order valence-electron chi connectivity index (χ3n) is 19.5. The van der Waals surface area contributed by atoms with Crippen LogP contribution in [0.2, 0.25) is 0 Å². The minimum absolute atomic E-state index is 0.812. The first kappa shape index (κ1) is 86.2. The Balaban J connectivity index is 1.00. The molecule has 28 N–H and O–H groups in total. The van der Waals surface area contributed by atoms with Crippen molar-refractivity contribution >= 4 is 11.8 Å². The molecule has 0 aromatic carbocycles.